The predicted octanol–water partition coefficient (Wildman–Crippen LogP) is 1.88. The lowest BCUT2D eigenvalue weighted by Crippen LogP contribution is -2.13. The van der Waals surface area contributed by atoms with Gasteiger partial charge in [-0.05, 0) is 36.8 Å². The molecule has 1 heterocycles. The summed E-state index contributed by atoms with van der Waals surface area (Å²) in [5, 5.41) is 0. The highest BCUT2D eigenvalue weighted by atomic mass is 32.1. The fourth-order valence-corrected chi connectivity index (χ4v) is 2.02. The summed E-state index contributed by atoms with van der Waals surface area (Å²) in [7, 11) is 0. The van der Waals surface area contributed by atoms with Crippen LogP contribution in [-0.4, -0.2) is 15.5 Å². The van der Waals surface area contributed by atoms with Crippen LogP contribution in [0.2, 0.25) is 0 Å². The number of carbonyl (C=O) groups is 1. The Morgan fingerprint density at radius 1 is 1.56 bits per heavy atom. The fraction of sp³-hybridized carbons (Fsp3) is 0.273. The van der Waals surface area contributed by atoms with Crippen molar-refractivity contribution in [3.8, 4) is 0 Å². The summed E-state index contributed by atoms with van der Waals surface area (Å²) in [6.45, 7) is 2.55. The van der Waals surface area contributed by atoms with Crippen molar-refractivity contribution >= 4 is 29.2 Å². The van der Waals surface area contributed by atoms with E-state index in [1.54, 1.807) is 0 Å². The summed E-state index contributed by atoms with van der Waals surface area (Å²) in [6.07, 6.45) is 0.301. The van der Waals surface area contributed by atoms with Crippen molar-refractivity contribution in [1.82, 2.24) is 9.55 Å². The molecule has 0 atom stereocenters. The molecule has 4 nitrogen and oxygen atoms in total. The van der Waals surface area contributed by atoms with E-state index in [9.17, 15) is 4.79 Å². The molecule has 0 aliphatic heterocycles. The average molecular weight is 235 g/mol. The van der Waals surface area contributed by atoms with Crippen molar-refractivity contribution in [3.05, 3.63) is 28.5 Å². The van der Waals surface area contributed by atoms with Gasteiger partial charge >= 0.3 is 0 Å². The molecule has 16 heavy (non-hydrogen) atoms. The molecule has 0 spiro atoms. The quantitative estimate of drug-likeness (QED) is 0.798. The number of imidazole rings is 1. The number of amides is 1. The predicted molar refractivity (Wildman–Crippen MR) is 65.7 cm³/mol. The Hall–Kier alpha value is -1.62. The van der Waals surface area contributed by atoms with Gasteiger partial charge in [-0.3, -0.25) is 4.79 Å². The molecule has 84 valence electrons. The monoisotopic (exact) mass is 235 g/mol. The highest BCUT2D eigenvalue weighted by Crippen LogP contribution is 2.16. The maximum Gasteiger partial charge on any atom is 0.219 e. The molecule has 0 saturated carbocycles. The van der Waals surface area contributed by atoms with Gasteiger partial charge in [0.15, 0.2) is 4.77 Å². The van der Waals surface area contributed by atoms with Crippen LogP contribution < -0.4 is 5.73 Å². The minimum Gasteiger partial charge on any atom is -0.370 e. The summed E-state index contributed by atoms with van der Waals surface area (Å²) in [4.78, 5) is 13.9. The van der Waals surface area contributed by atoms with Gasteiger partial charge in [0, 0.05) is 13.0 Å². The molecule has 0 saturated heterocycles. The van der Waals surface area contributed by atoms with Gasteiger partial charge in [-0.1, -0.05) is 6.07 Å². The van der Waals surface area contributed by atoms with Gasteiger partial charge in [-0.25, -0.2) is 0 Å². The van der Waals surface area contributed by atoms with Crippen LogP contribution >= 0.6 is 12.2 Å². The van der Waals surface area contributed by atoms with Crippen molar-refractivity contribution in [2.24, 2.45) is 5.73 Å². The Morgan fingerprint density at radius 2 is 2.31 bits per heavy atom. The number of H-pyrrole nitrogens is 1. The molecule has 0 bridgehead atoms. The van der Waals surface area contributed by atoms with Gasteiger partial charge < -0.3 is 15.3 Å². The van der Waals surface area contributed by atoms with Crippen LogP contribution in [0.1, 0.15) is 12.0 Å². The normalized spacial score (nSPS) is 10.8. The molecule has 0 aliphatic carbocycles. The third-order valence-corrected chi connectivity index (χ3v) is 2.83. The number of fused-ring (bicyclic) bond motifs is 1. The van der Waals surface area contributed by atoms with Gasteiger partial charge in [0.1, 0.15) is 0 Å². The van der Waals surface area contributed by atoms with Crippen molar-refractivity contribution in [2.45, 2.75) is 19.9 Å². The Balaban J connectivity index is 2.48. The average Bonchev–Trinajstić information content (AvgIpc) is 2.50. The zero-order valence-corrected chi connectivity index (χ0v) is 9.80. The van der Waals surface area contributed by atoms with Crippen LogP contribution in [0.25, 0.3) is 11.0 Å². The number of rotatable bonds is 3. The highest BCUT2D eigenvalue weighted by molar-refractivity contribution is 7.71. The summed E-state index contributed by atoms with van der Waals surface area (Å²) < 4.78 is 2.52. The number of benzene rings is 1. The van der Waals surface area contributed by atoms with E-state index in [-0.39, 0.29) is 5.91 Å². The van der Waals surface area contributed by atoms with Crippen LogP contribution in [0.3, 0.4) is 0 Å². The van der Waals surface area contributed by atoms with E-state index >= 15 is 0 Å². The van der Waals surface area contributed by atoms with E-state index in [0.717, 1.165) is 11.0 Å². The first kappa shape index (κ1) is 10.9. The van der Waals surface area contributed by atoms with E-state index in [1.807, 2.05) is 29.7 Å². The number of aromatic amines is 1. The number of nitrogens with zero attached hydrogens (tertiary/aromatic N) is 1. The molecule has 1 amide bonds. The number of primary amides is 1. The molecular formula is C11H13N3OS. The minimum atomic E-state index is -0.316. The van der Waals surface area contributed by atoms with E-state index in [2.05, 4.69) is 4.98 Å². The summed E-state index contributed by atoms with van der Waals surface area (Å²) >= 11 is 5.20. The molecule has 1 aromatic heterocycles. The van der Waals surface area contributed by atoms with Crippen LogP contribution in [0.4, 0.5) is 0 Å². The van der Waals surface area contributed by atoms with Gasteiger partial charge in [0.2, 0.25) is 5.91 Å². The number of aromatic nitrogens is 2. The number of hydrogen-bond acceptors (Lipinski definition) is 2. The second kappa shape index (κ2) is 4.09. The number of nitrogens with two attached hydrogens (primary N) is 1. The molecule has 1 aromatic carbocycles. The van der Waals surface area contributed by atoms with Gasteiger partial charge in [-0.2, -0.15) is 0 Å². The lowest BCUT2D eigenvalue weighted by molar-refractivity contribution is -0.118. The standard InChI is InChI=1S/C11H13N3OS/c1-7-2-3-9-8(6-7)13-11(16)14(9)5-4-10(12)15/h2-3,6H,4-5H2,1H3,(H2,12,15)(H,13,16). The number of hydrogen-bond donors (Lipinski definition) is 2. The van der Waals surface area contributed by atoms with E-state index in [1.165, 1.54) is 5.56 Å². The first-order chi connectivity index (χ1) is 7.58. The molecule has 0 radical (unpaired) electrons. The smallest absolute Gasteiger partial charge is 0.219 e. The maximum atomic E-state index is 10.8. The molecule has 0 unspecified atom stereocenters. The Labute approximate surface area is 98.1 Å². The third kappa shape index (κ3) is 1.99. The van der Waals surface area contributed by atoms with Crippen LogP contribution in [0.5, 0.6) is 0 Å². The number of nitrogens with one attached hydrogen (secondary N) is 1. The first-order valence-electron chi connectivity index (χ1n) is 5.05. The molecular weight excluding hydrogens is 222 g/mol. The maximum absolute atomic E-state index is 10.8. The molecule has 2 rings (SSSR count). The van der Waals surface area contributed by atoms with Crippen molar-refractivity contribution in [1.29, 1.82) is 0 Å². The molecule has 3 N–H and O–H groups in total. The van der Waals surface area contributed by atoms with Crippen molar-refractivity contribution < 1.29 is 4.79 Å². The van der Waals surface area contributed by atoms with Gasteiger partial charge in [0.05, 0.1) is 11.0 Å². The van der Waals surface area contributed by atoms with Crippen LogP contribution in [0.15, 0.2) is 18.2 Å². The highest BCUT2D eigenvalue weighted by Gasteiger charge is 2.05. The van der Waals surface area contributed by atoms with E-state index < -0.39 is 0 Å². The first-order valence-corrected chi connectivity index (χ1v) is 5.46. The van der Waals surface area contributed by atoms with Crippen LogP contribution in [-0.2, 0) is 11.3 Å². The molecule has 0 fully saturated rings. The molecule has 2 aromatic rings. The number of carbonyl (C=O) groups excluding carboxylic acids is 1. The van der Waals surface area contributed by atoms with Gasteiger partial charge in [-0.15, -0.1) is 0 Å². The van der Waals surface area contributed by atoms with Gasteiger partial charge in [0.25, 0.3) is 0 Å². The fourth-order valence-electron chi connectivity index (χ4n) is 1.72. The topological polar surface area (TPSA) is 63.8 Å². The lowest BCUT2D eigenvalue weighted by Gasteiger charge is -2.02. The zero-order chi connectivity index (χ0) is 11.7. The summed E-state index contributed by atoms with van der Waals surface area (Å²) in [6, 6.07) is 6.05. The zero-order valence-electron chi connectivity index (χ0n) is 8.99. The molecule has 5 heteroatoms. The van der Waals surface area contributed by atoms with Crippen molar-refractivity contribution in [3.63, 3.8) is 0 Å². The lowest BCUT2D eigenvalue weighted by atomic mass is 10.2. The SMILES string of the molecule is Cc1ccc2c(c1)[nH]c(=S)n2CCC(N)=O. The second-order valence-corrected chi connectivity index (χ2v) is 4.21. The Morgan fingerprint density at radius 3 is 3.00 bits per heavy atom. The minimum absolute atomic E-state index is 0.301. The molecule has 0 aliphatic rings. The summed E-state index contributed by atoms with van der Waals surface area (Å²) in [5.74, 6) is -0.316. The van der Waals surface area contributed by atoms with Crippen molar-refractivity contribution in [2.75, 3.05) is 0 Å². The second-order valence-electron chi connectivity index (χ2n) is 3.82. The van der Waals surface area contributed by atoms with E-state index in [0.29, 0.717) is 17.7 Å². The largest absolute Gasteiger partial charge is 0.370 e. The third-order valence-electron chi connectivity index (χ3n) is 2.51. The summed E-state index contributed by atoms with van der Waals surface area (Å²) in [5.41, 5.74) is 8.31. The Kier molecular flexibility index (Phi) is 2.78. The van der Waals surface area contributed by atoms with Crippen LogP contribution in [0, 0.1) is 11.7 Å². The van der Waals surface area contributed by atoms with E-state index in [4.69, 9.17) is 18.0 Å². The Bertz CT molecular complexity index is 597. The number of aryl methyl sites for hydroxylation is 2.